The van der Waals surface area contributed by atoms with Crippen molar-refractivity contribution in [3.63, 3.8) is 0 Å². The van der Waals surface area contributed by atoms with E-state index < -0.39 is 11.9 Å². The first-order valence-corrected chi connectivity index (χ1v) is 7.32. The lowest BCUT2D eigenvalue weighted by Gasteiger charge is -2.10. The number of rotatable bonds is 5. The molecule has 2 aromatic carbocycles. The number of aromatic hydroxyl groups is 1. The zero-order valence-corrected chi connectivity index (χ0v) is 13.3. The maximum Gasteiger partial charge on any atom is 0.310 e. The number of nitrogens with one attached hydrogen (secondary N) is 1. The van der Waals surface area contributed by atoms with E-state index in [2.05, 4.69) is 5.32 Å². The number of anilines is 1. The summed E-state index contributed by atoms with van der Waals surface area (Å²) < 4.78 is 4.93. The minimum absolute atomic E-state index is 0.0315. The molecule has 2 rings (SSSR count). The van der Waals surface area contributed by atoms with Crippen LogP contribution in [-0.4, -0.2) is 23.6 Å². The molecule has 0 bridgehead atoms. The van der Waals surface area contributed by atoms with Gasteiger partial charge in [-0.25, -0.2) is 0 Å². The lowest BCUT2D eigenvalue weighted by Crippen LogP contribution is -2.22. The van der Waals surface area contributed by atoms with Gasteiger partial charge < -0.3 is 15.2 Å². The second-order valence-electron chi connectivity index (χ2n) is 4.96. The van der Waals surface area contributed by atoms with Crippen LogP contribution in [0.15, 0.2) is 42.5 Å². The van der Waals surface area contributed by atoms with Crippen LogP contribution in [0.4, 0.5) is 5.69 Å². The van der Waals surface area contributed by atoms with E-state index in [1.54, 1.807) is 37.3 Å². The molecule has 5 nitrogen and oxygen atoms in total. The smallest absolute Gasteiger partial charge is 0.310 e. The molecule has 0 aliphatic rings. The quantitative estimate of drug-likeness (QED) is 0.824. The minimum atomic E-state index is -0.520. The fourth-order valence-corrected chi connectivity index (χ4v) is 2.08. The maximum atomic E-state index is 11.8. The molecule has 0 heterocycles. The summed E-state index contributed by atoms with van der Waals surface area (Å²) in [5.41, 5.74) is 2.02. The Balaban J connectivity index is 1.83. The van der Waals surface area contributed by atoms with E-state index in [4.69, 9.17) is 16.3 Å². The fourth-order valence-electron chi connectivity index (χ4n) is 1.91. The monoisotopic (exact) mass is 333 g/mol. The predicted molar refractivity (Wildman–Crippen MR) is 87.6 cm³/mol. The predicted octanol–water partition coefficient (Wildman–Crippen LogP) is 3.08. The van der Waals surface area contributed by atoms with E-state index in [-0.39, 0.29) is 18.8 Å². The third kappa shape index (κ3) is 5.00. The van der Waals surface area contributed by atoms with Crippen molar-refractivity contribution < 1.29 is 19.4 Å². The van der Waals surface area contributed by atoms with Crippen LogP contribution in [0.1, 0.15) is 11.1 Å². The van der Waals surface area contributed by atoms with E-state index >= 15 is 0 Å². The molecule has 0 unspecified atom stereocenters. The largest absolute Gasteiger partial charge is 0.508 e. The number of hydrogen-bond donors (Lipinski definition) is 2. The molecule has 0 saturated carbocycles. The summed E-state index contributed by atoms with van der Waals surface area (Å²) in [7, 11) is 0. The van der Waals surface area contributed by atoms with Gasteiger partial charge in [0.2, 0.25) is 0 Å². The van der Waals surface area contributed by atoms with Crippen molar-refractivity contribution in [2.75, 3.05) is 11.9 Å². The molecule has 0 aliphatic heterocycles. The van der Waals surface area contributed by atoms with Crippen LogP contribution in [0.5, 0.6) is 5.75 Å². The van der Waals surface area contributed by atoms with Crippen LogP contribution in [0.3, 0.4) is 0 Å². The highest BCUT2D eigenvalue weighted by Crippen LogP contribution is 2.22. The summed E-state index contributed by atoms with van der Waals surface area (Å²) in [6, 6.07) is 11.4. The van der Waals surface area contributed by atoms with Crippen molar-refractivity contribution >= 4 is 29.2 Å². The summed E-state index contributed by atoms with van der Waals surface area (Å²) in [4.78, 5) is 23.5. The third-order valence-electron chi connectivity index (χ3n) is 3.19. The standard InChI is InChI=1S/C17H16ClNO4/c1-11-14(18)3-2-4-15(11)19-16(21)10-23-17(22)9-12-5-7-13(20)8-6-12/h2-8,20H,9-10H2,1H3,(H,19,21). The number of benzene rings is 2. The van der Waals surface area contributed by atoms with Gasteiger partial charge in [-0.1, -0.05) is 29.8 Å². The molecule has 0 spiro atoms. The number of ether oxygens (including phenoxy) is 1. The number of esters is 1. The first-order valence-electron chi connectivity index (χ1n) is 6.94. The SMILES string of the molecule is Cc1c(Cl)cccc1NC(=O)COC(=O)Cc1ccc(O)cc1. The Morgan fingerprint density at radius 1 is 1.17 bits per heavy atom. The number of carbonyl (C=O) groups is 2. The number of phenolic OH excluding ortho intramolecular Hbond substituents is 1. The number of carbonyl (C=O) groups excluding carboxylic acids is 2. The number of hydrogen-bond acceptors (Lipinski definition) is 4. The zero-order chi connectivity index (χ0) is 16.8. The minimum Gasteiger partial charge on any atom is -0.508 e. The summed E-state index contributed by atoms with van der Waals surface area (Å²) >= 11 is 5.97. The van der Waals surface area contributed by atoms with Crippen molar-refractivity contribution in [1.82, 2.24) is 0 Å². The van der Waals surface area contributed by atoms with E-state index in [1.165, 1.54) is 12.1 Å². The molecule has 0 aromatic heterocycles. The van der Waals surface area contributed by atoms with Crippen LogP contribution < -0.4 is 5.32 Å². The topological polar surface area (TPSA) is 75.6 Å². The van der Waals surface area contributed by atoms with Gasteiger partial charge in [0, 0.05) is 10.7 Å². The Bertz CT molecular complexity index is 713. The third-order valence-corrected chi connectivity index (χ3v) is 3.60. The highest BCUT2D eigenvalue weighted by molar-refractivity contribution is 6.31. The highest BCUT2D eigenvalue weighted by Gasteiger charge is 2.10. The molecular formula is C17H16ClNO4. The molecule has 0 radical (unpaired) electrons. The average Bonchev–Trinajstić information content (AvgIpc) is 2.52. The fraction of sp³-hybridized carbons (Fsp3) is 0.176. The molecule has 6 heteroatoms. The highest BCUT2D eigenvalue weighted by atomic mass is 35.5. The first-order chi connectivity index (χ1) is 11.0. The molecule has 2 N–H and O–H groups in total. The van der Waals surface area contributed by atoms with E-state index in [9.17, 15) is 14.7 Å². The van der Waals surface area contributed by atoms with Gasteiger partial charge in [-0.3, -0.25) is 9.59 Å². The van der Waals surface area contributed by atoms with Gasteiger partial charge in [-0.05, 0) is 42.3 Å². The van der Waals surface area contributed by atoms with E-state index in [0.29, 0.717) is 16.3 Å². The molecular weight excluding hydrogens is 318 g/mol. The molecule has 0 fully saturated rings. The lowest BCUT2D eigenvalue weighted by atomic mass is 10.1. The second-order valence-corrected chi connectivity index (χ2v) is 5.37. The van der Waals surface area contributed by atoms with Gasteiger partial charge >= 0.3 is 5.97 Å². The zero-order valence-electron chi connectivity index (χ0n) is 12.5. The van der Waals surface area contributed by atoms with Crippen LogP contribution in [0.25, 0.3) is 0 Å². The summed E-state index contributed by atoms with van der Waals surface area (Å²) in [6.45, 7) is 1.41. The van der Waals surface area contributed by atoms with Crippen LogP contribution in [-0.2, 0) is 20.7 Å². The average molecular weight is 334 g/mol. The molecule has 0 saturated heterocycles. The summed E-state index contributed by atoms with van der Waals surface area (Å²) in [5, 5.41) is 12.4. The number of phenols is 1. The van der Waals surface area contributed by atoms with Gasteiger partial charge in [0.15, 0.2) is 6.61 Å². The Morgan fingerprint density at radius 3 is 2.57 bits per heavy atom. The lowest BCUT2D eigenvalue weighted by molar-refractivity contribution is -0.146. The van der Waals surface area contributed by atoms with Crippen molar-refractivity contribution in [3.8, 4) is 5.75 Å². The molecule has 0 aliphatic carbocycles. The normalized spacial score (nSPS) is 10.2. The Labute approximate surface area is 138 Å². The maximum absolute atomic E-state index is 11.8. The summed E-state index contributed by atoms with van der Waals surface area (Å²) in [6.07, 6.45) is 0.0315. The first kappa shape index (κ1) is 16.8. The molecule has 2 aromatic rings. The van der Waals surface area contributed by atoms with Crippen molar-refractivity contribution in [2.24, 2.45) is 0 Å². The van der Waals surface area contributed by atoms with E-state index in [1.807, 2.05) is 0 Å². The summed E-state index contributed by atoms with van der Waals surface area (Å²) in [5.74, 6) is -0.832. The van der Waals surface area contributed by atoms with Crippen LogP contribution in [0, 0.1) is 6.92 Å². The van der Waals surface area contributed by atoms with Gasteiger partial charge in [-0.15, -0.1) is 0 Å². The van der Waals surface area contributed by atoms with Gasteiger partial charge in [-0.2, -0.15) is 0 Å². The van der Waals surface area contributed by atoms with Crippen LogP contribution in [0.2, 0.25) is 5.02 Å². The molecule has 0 atom stereocenters. The van der Waals surface area contributed by atoms with Crippen molar-refractivity contribution in [3.05, 3.63) is 58.6 Å². The Morgan fingerprint density at radius 2 is 1.87 bits per heavy atom. The van der Waals surface area contributed by atoms with E-state index in [0.717, 1.165) is 5.56 Å². The Hall–Kier alpha value is -2.53. The Kier molecular flexibility index (Phi) is 5.60. The van der Waals surface area contributed by atoms with Crippen molar-refractivity contribution in [2.45, 2.75) is 13.3 Å². The van der Waals surface area contributed by atoms with Crippen LogP contribution >= 0.6 is 11.6 Å². The van der Waals surface area contributed by atoms with Gasteiger partial charge in [0.1, 0.15) is 5.75 Å². The van der Waals surface area contributed by atoms with Crippen molar-refractivity contribution in [1.29, 1.82) is 0 Å². The second kappa shape index (κ2) is 7.65. The molecule has 120 valence electrons. The van der Waals surface area contributed by atoms with Gasteiger partial charge in [0.05, 0.1) is 6.42 Å². The van der Waals surface area contributed by atoms with Gasteiger partial charge in [0.25, 0.3) is 5.91 Å². The number of halogens is 1. The molecule has 1 amide bonds. The number of amides is 1. The molecule has 23 heavy (non-hydrogen) atoms.